The van der Waals surface area contributed by atoms with Crippen molar-refractivity contribution < 1.29 is 14.0 Å². The Morgan fingerprint density at radius 2 is 1.74 bits per heavy atom. The van der Waals surface area contributed by atoms with Crippen LogP contribution in [0, 0.1) is 5.82 Å². The number of carbonyl (C=O) groups is 2. The number of halogens is 1. The van der Waals surface area contributed by atoms with Crippen LogP contribution in [0.2, 0.25) is 0 Å². The molecule has 4 aromatic rings. The number of benzene rings is 3. The minimum absolute atomic E-state index is 0.253. The molecule has 0 atom stereocenters. The number of nitrogens with one attached hydrogen (secondary N) is 2. The molecule has 2 N–H and O–H groups in total. The third-order valence-electron chi connectivity index (χ3n) is 5.33. The first-order chi connectivity index (χ1) is 16.6. The zero-order valence-corrected chi connectivity index (χ0v) is 18.7. The van der Waals surface area contributed by atoms with E-state index in [2.05, 4.69) is 20.6 Å². The third-order valence-corrected chi connectivity index (χ3v) is 6.48. The van der Waals surface area contributed by atoms with Crippen LogP contribution in [0.5, 0.6) is 0 Å². The number of aromatic nitrogens is 2. The Morgan fingerprint density at radius 3 is 2.53 bits per heavy atom. The van der Waals surface area contributed by atoms with Gasteiger partial charge in [-0.15, -0.1) is 0 Å². The summed E-state index contributed by atoms with van der Waals surface area (Å²) in [4.78, 5) is 35.5. The van der Waals surface area contributed by atoms with Gasteiger partial charge in [0.25, 0.3) is 11.8 Å². The number of fused-ring (bicyclic) bond motifs is 2. The van der Waals surface area contributed by atoms with Gasteiger partial charge in [-0.25, -0.2) is 14.4 Å². The molecule has 34 heavy (non-hydrogen) atoms. The molecule has 0 saturated heterocycles. The van der Waals surface area contributed by atoms with Gasteiger partial charge in [0.1, 0.15) is 5.82 Å². The fourth-order valence-electron chi connectivity index (χ4n) is 3.58. The van der Waals surface area contributed by atoms with Gasteiger partial charge in [-0.2, -0.15) is 0 Å². The maximum Gasteiger partial charge on any atom is 0.256 e. The first kappa shape index (κ1) is 21.8. The smallest absolute Gasteiger partial charge is 0.256 e. The maximum absolute atomic E-state index is 13.6. The Hall–Kier alpha value is -4.04. The monoisotopic (exact) mass is 470 g/mol. The molecule has 1 aromatic heterocycles. The Balaban J connectivity index is 1.22. The normalized spacial score (nSPS) is 12.2. The second kappa shape index (κ2) is 9.44. The predicted molar refractivity (Wildman–Crippen MR) is 128 cm³/mol. The Labute approximate surface area is 199 Å². The van der Waals surface area contributed by atoms with Crippen molar-refractivity contribution in [3.05, 3.63) is 102 Å². The highest BCUT2D eigenvalue weighted by Gasteiger charge is 2.21. The van der Waals surface area contributed by atoms with Gasteiger partial charge in [0.05, 0.1) is 11.3 Å². The number of anilines is 1. The van der Waals surface area contributed by atoms with Gasteiger partial charge < -0.3 is 10.6 Å². The molecule has 0 radical (unpaired) electrons. The van der Waals surface area contributed by atoms with Gasteiger partial charge >= 0.3 is 0 Å². The van der Waals surface area contributed by atoms with E-state index in [9.17, 15) is 14.0 Å². The van der Waals surface area contributed by atoms with Crippen LogP contribution in [0.1, 0.15) is 26.3 Å². The van der Waals surface area contributed by atoms with E-state index in [-0.39, 0.29) is 11.5 Å². The summed E-state index contributed by atoms with van der Waals surface area (Å²) in [5, 5.41) is 5.67. The van der Waals surface area contributed by atoms with E-state index >= 15 is 0 Å². The quantitative estimate of drug-likeness (QED) is 0.430. The van der Waals surface area contributed by atoms with E-state index in [0.717, 1.165) is 16.0 Å². The fourth-order valence-corrected chi connectivity index (χ4v) is 4.57. The van der Waals surface area contributed by atoms with Crippen LogP contribution >= 0.6 is 11.8 Å². The second-order valence-electron chi connectivity index (χ2n) is 7.69. The predicted octanol–water partition coefficient (Wildman–Crippen LogP) is 4.97. The topological polar surface area (TPSA) is 84.0 Å². The van der Waals surface area contributed by atoms with Gasteiger partial charge in [0, 0.05) is 39.9 Å². The summed E-state index contributed by atoms with van der Waals surface area (Å²) < 4.78 is 13.6. The van der Waals surface area contributed by atoms with Crippen molar-refractivity contribution in [3.63, 3.8) is 0 Å². The van der Waals surface area contributed by atoms with Crippen molar-refractivity contribution >= 4 is 29.3 Å². The highest BCUT2D eigenvalue weighted by atomic mass is 32.2. The van der Waals surface area contributed by atoms with Crippen LogP contribution in [-0.2, 0) is 6.42 Å². The van der Waals surface area contributed by atoms with Gasteiger partial charge in [-0.3, -0.25) is 9.59 Å². The van der Waals surface area contributed by atoms with Crippen LogP contribution in [0.3, 0.4) is 0 Å². The molecule has 0 aliphatic carbocycles. The molecule has 0 spiro atoms. The Kier molecular flexibility index (Phi) is 6.05. The molecule has 5 rings (SSSR count). The zero-order valence-electron chi connectivity index (χ0n) is 17.9. The van der Waals surface area contributed by atoms with Crippen molar-refractivity contribution in [2.45, 2.75) is 16.2 Å². The number of nitrogens with zero attached hydrogens (tertiary/aromatic N) is 2. The number of hydrogen-bond acceptors (Lipinski definition) is 5. The average molecular weight is 471 g/mol. The molecule has 8 heteroatoms. The summed E-state index contributed by atoms with van der Waals surface area (Å²) in [7, 11) is 0. The van der Waals surface area contributed by atoms with Gasteiger partial charge in [0.15, 0.2) is 5.82 Å². The van der Waals surface area contributed by atoms with Gasteiger partial charge in [-0.1, -0.05) is 42.1 Å². The summed E-state index contributed by atoms with van der Waals surface area (Å²) in [6.07, 6.45) is 4.10. The lowest BCUT2D eigenvalue weighted by Crippen LogP contribution is -2.26. The molecule has 1 aliphatic rings. The minimum Gasteiger partial charge on any atom is -0.352 e. The molecule has 0 saturated carbocycles. The van der Waals surface area contributed by atoms with Crippen molar-refractivity contribution in [1.29, 1.82) is 0 Å². The lowest BCUT2D eigenvalue weighted by Gasteiger charge is -2.10. The maximum atomic E-state index is 13.6. The van der Waals surface area contributed by atoms with Crippen molar-refractivity contribution in [2.24, 2.45) is 0 Å². The molecule has 2 heterocycles. The van der Waals surface area contributed by atoms with Crippen LogP contribution in [0.4, 0.5) is 10.1 Å². The molecule has 3 aromatic carbocycles. The number of hydrogen-bond donors (Lipinski definition) is 2. The first-order valence-electron chi connectivity index (χ1n) is 10.6. The zero-order chi connectivity index (χ0) is 23.5. The largest absolute Gasteiger partial charge is 0.352 e. The molecular weight excluding hydrogens is 451 g/mol. The summed E-state index contributed by atoms with van der Waals surface area (Å²) >= 11 is 1.36. The highest BCUT2D eigenvalue weighted by molar-refractivity contribution is 7.99. The van der Waals surface area contributed by atoms with E-state index < -0.39 is 11.7 Å². The van der Waals surface area contributed by atoms with E-state index in [0.29, 0.717) is 34.9 Å². The van der Waals surface area contributed by atoms with Gasteiger partial charge in [-0.05, 0) is 48.4 Å². The number of amides is 2. The molecule has 0 fully saturated rings. The molecule has 1 aliphatic heterocycles. The van der Waals surface area contributed by atoms with Crippen LogP contribution in [0.25, 0.3) is 11.4 Å². The van der Waals surface area contributed by atoms with Crippen LogP contribution in [-0.4, -0.2) is 28.3 Å². The number of rotatable bonds is 5. The third kappa shape index (κ3) is 4.67. The second-order valence-corrected chi connectivity index (χ2v) is 8.78. The van der Waals surface area contributed by atoms with Crippen molar-refractivity contribution in [1.82, 2.24) is 15.3 Å². The number of carbonyl (C=O) groups excluding carboxylic acids is 2. The minimum atomic E-state index is -0.472. The Bertz CT molecular complexity index is 1380. The molecular formula is C26H19FN4O2S. The summed E-state index contributed by atoms with van der Waals surface area (Å²) in [5.74, 6) is -0.474. The van der Waals surface area contributed by atoms with Crippen molar-refractivity contribution in [3.8, 4) is 11.4 Å². The molecule has 0 bridgehead atoms. The summed E-state index contributed by atoms with van der Waals surface area (Å²) in [6, 6.07) is 19.0. The van der Waals surface area contributed by atoms with E-state index in [1.54, 1.807) is 36.7 Å². The van der Waals surface area contributed by atoms with E-state index in [1.165, 1.54) is 23.9 Å². The fraction of sp³-hybridized carbons (Fsp3) is 0.0769. The summed E-state index contributed by atoms with van der Waals surface area (Å²) in [6.45, 7) is 0.412. The molecule has 6 nitrogen and oxygen atoms in total. The lowest BCUT2D eigenvalue weighted by atomic mass is 10.1. The van der Waals surface area contributed by atoms with E-state index in [4.69, 9.17) is 0 Å². The molecule has 168 valence electrons. The van der Waals surface area contributed by atoms with E-state index in [1.807, 2.05) is 30.3 Å². The highest BCUT2D eigenvalue weighted by Crippen LogP contribution is 2.39. The van der Waals surface area contributed by atoms with Crippen LogP contribution < -0.4 is 10.6 Å². The van der Waals surface area contributed by atoms with Crippen molar-refractivity contribution in [2.75, 3.05) is 11.9 Å². The molecule has 2 amide bonds. The Morgan fingerprint density at radius 1 is 0.971 bits per heavy atom. The lowest BCUT2D eigenvalue weighted by molar-refractivity contribution is 0.0952. The van der Waals surface area contributed by atoms with Gasteiger partial charge in [0.2, 0.25) is 0 Å². The summed E-state index contributed by atoms with van der Waals surface area (Å²) in [5.41, 5.74) is 3.07. The van der Waals surface area contributed by atoms with Crippen LogP contribution in [0.15, 0.2) is 88.9 Å². The molecule has 0 unspecified atom stereocenters. The first-order valence-corrected chi connectivity index (χ1v) is 11.5. The SMILES string of the molecule is O=C(NCCc1cnc(-c2ccccc2)nc1)c1ccc2c(c1)NC(=O)c1cc(F)ccc1S2. The standard InChI is InChI=1S/C26H19FN4O2S/c27-19-7-9-22-20(13-19)26(33)31-21-12-18(6-8-23(21)34-22)25(32)28-11-10-16-14-29-24(30-15-16)17-4-2-1-3-5-17/h1-9,12-15H,10-11H2,(H,28,32)(H,31,33). The average Bonchev–Trinajstić information content (AvgIpc) is 3.00.